The van der Waals surface area contributed by atoms with Gasteiger partial charge in [0.05, 0.1) is 0 Å². The first-order valence-corrected chi connectivity index (χ1v) is 10.5. The van der Waals surface area contributed by atoms with Crippen molar-refractivity contribution in [3.05, 3.63) is 29.8 Å². The Kier molecular flexibility index (Phi) is 6.06. The van der Waals surface area contributed by atoms with Gasteiger partial charge in [-0.05, 0) is 68.1 Å². The van der Waals surface area contributed by atoms with Crippen LogP contribution in [-0.2, 0) is 6.54 Å². The highest BCUT2D eigenvalue weighted by molar-refractivity contribution is 7.98. The van der Waals surface area contributed by atoms with Gasteiger partial charge in [-0.25, -0.2) is 0 Å². The second kappa shape index (κ2) is 8.04. The van der Waals surface area contributed by atoms with Crippen LogP contribution in [0.15, 0.2) is 29.2 Å². The van der Waals surface area contributed by atoms with E-state index in [0.717, 1.165) is 24.4 Å². The first-order chi connectivity index (χ1) is 11.1. The molecule has 2 heterocycles. The van der Waals surface area contributed by atoms with Crippen molar-refractivity contribution in [2.24, 2.45) is 11.8 Å². The van der Waals surface area contributed by atoms with E-state index in [-0.39, 0.29) is 0 Å². The Morgan fingerprint density at radius 2 is 1.61 bits per heavy atom. The molecule has 3 rings (SSSR count). The Balaban J connectivity index is 1.48. The minimum absolute atomic E-state index is 0.829. The quantitative estimate of drug-likeness (QED) is 0.757. The van der Waals surface area contributed by atoms with Crippen LogP contribution < -0.4 is 0 Å². The molecule has 0 unspecified atom stereocenters. The number of piperidine rings is 2. The van der Waals surface area contributed by atoms with Crippen molar-refractivity contribution in [3.63, 3.8) is 0 Å². The van der Waals surface area contributed by atoms with Gasteiger partial charge in [0.1, 0.15) is 0 Å². The molecule has 23 heavy (non-hydrogen) atoms. The maximum absolute atomic E-state index is 2.80. The van der Waals surface area contributed by atoms with Crippen molar-refractivity contribution >= 4 is 11.8 Å². The van der Waals surface area contributed by atoms with Gasteiger partial charge in [0.25, 0.3) is 0 Å². The van der Waals surface area contributed by atoms with Crippen molar-refractivity contribution < 1.29 is 0 Å². The van der Waals surface area contributed by atoms with Gasteiger partial charge in [-0.2, -0.15) is 0 Å². The van der Waals surface area contributed by atoms with Crippen LogP contribution in [0.3, 0.4) is 0 Å². The number of benzene rings is 1. The van der Waals surface area contributed by atoms with Crippen LogP contribution in [0.2, 0.25) is 0 Å². The van der Waals surface area contributed by atoms with Gasteiger partial charge in [-0.3, -0.25) is 9.80 Å². The largest absolute Gasteiger partial charge is 0.300 e. The summed E-state index contributed by atoms with van der Waals surface area (Å²) < 4.78 is 0. The van der Waals surface area contributed by atoms with Crippen LogP contribution >= 0.6 is 11.8 Å². The Morgan fingerprint density at radius 3 is 2.17 bits per heavy atom. The standard InChI is InChI=1S/C20H32N2S/c1-16-12-17(2)14-22(13-16)19-8-10-21(11-9-19)15-18-4-6-20(23-3)7-5-18/h4-7,16-17,19H,8-15H2,1-3H3/t16-,17-/m1/s1. The Bertz CT molecular complexity index is 469. The fourth-order valence-corrected chi connectivity index (χ4v) is 4.85. The van der Waals surface area contributed by atoms with Gasteiger partial charge in [-0.15, -0.1) is 11.8 Å². The number of hydrogen-bond acceptors (Lipinski definition) is 3. The molecule has 2 fully saturated rings. The molecule has 128 valence electrons. The third-order valence-electron chi connectivity index (χ3n) is 5.54. The average molecular weight is 333 g/mol. The van der Waals surface area contributed by atoms with Gasteiger partial charge >= 0.3 is 0 Å². The summed E-state index contributed by atoms with van der Waals surface area (Å²) in [6, 6.07) is 9.93. The normalized spacial score (nSPS) is 28.1. The number of nitrogens with zero attached hydrogens (tertiary/aromatic N) is 2. The van der Waals surface area contributed by atoms with Gasteiger partial charge in [0, 0.05) is 30.6 Å². The van der Waals surface area contributed by atoms with Gasteiger partial charge in [0.15, 0.2) is 0 Å². The second-order valence-electron chi connectivity index (χ2n) is 7.76. The molecule has 0 bridgehead atoms. The third kappa shape index (κ3) is 4.74. The van der Waals surface area contributed by atoms with Crippen LogP contribution in [0.1, 0.15) is 38.7 Å². The van der Waals surface area contributed by atoms with E-state index in [1.165, 1.54) is 55.9 Å². The summed E-state index contributed by atoms with van der Waals surface area (Å²) in [6.07, 6.45) is 6.26. The van der Waals surface area contributed by atoms with E-state index >= 15 is 0 Å². The monoisotopic (exact) mass is 332 g/mol. The minimum Gasteiger partial charge on any atom is -0.300 e. The van der Waals surface area contributed by atoms with Gasteiger partial charge < -0.3 is 0 Å². The number of thioether (sulfide) groups is 1. The van der Waals surface area contributed by atoms with Crippen LogP contribution in [0.4, 0.5) is 0 Å². The molecule has 0 radical (unpaired) electrons. The van der Waals surface area contributed by atoms with Crippen LogP contribution in [0.25, 0.3) is 0 Å². The highest BCUT2D eigenvalue weighted by Gasteiger charge is 2.29. The smallest absolute Gasteiger partial charge is 0.0233 e. The molecule has 2 atom stereocenters. The van der Waals surface area contributed by atoms with Gasteiger partial charge in [0.2, 0.25) is 0 Å². The molecular formula is C20H32N2S. The first-order valence-electron chi connectivity index (χ1n) is 9.23. The van der Waals surface area contributed by atoms with Crippen molar-refractivity contribution in [2.75, 3.05) is 32.4 Å². The van der Waals surface area contributed by atoms with Crippen molar-refractivity contribution in [1.29, 1.82) is 0 Å². The third-order valence-corrected chi connectivity index (χ3v) is 6.28. The Morgan fingerprint density at radius 1 is 1.00 bits per heavy atom. The lowest BCUT2D eigenvalue weighted by atomic mass is 9.89. The second-order valence-corrected chi connectivity index (χ2v) is 8.63. The fraction of sp³-hybridized carbons (Fsp3) is 0.700. The van der Waals surface area contributed by atoms with E-state index in [0.29, 0.717) is 0 Å². The van der Waals surface area contributed by atoms with Crippen molar-refractivity contribution in [3.8, 4) is 0 Å². The maximum Gasteiger partial charge on any atom is 0.0233 e. The van der Waals surface area contributed by atoms with Gasteiger partial charge in [-0.1, -0.05) is 26.0 Å². The lowest BCUT2D eigenvalue weighted by Crippen LogP contribution is -2.49. The summed E-state index contributed by atoms with van der Waals surface area (Å²) in [4.78, 5) is 6.80. The summed E-state index contributed by atoms with van der Waals surface area (Å²) in [5.74, 6) is 1.76. The highest BCUT2D eigenvalue weighted by atomic mass is 32.2. The molecule has 2 aliphatic heterocycles. The molecule has 0 spiro atoms. The molecule has 0 amide bonds. The molecule has 0 aromatic heterocycles. The van der Waals surface area contributed by atoms with Crippen LogP contribution in [-0.4, -0.2) is 48.3 Å². The Hall–Kier alpha value is -0.510. The summed E-state index contributed by atoms with van der Waals surface area (Å²) >= 11 is 1.82. The lowest BCUT2D eigenvalue weighted by molar-refractivity contribution is 0.0530. The SMILES string of the molecule is CSc1ccc(CN2CCC(N3C[C@H](C)C[C@@H](C)C3)CC2)cc1. The van der Waals surface area contributed by atoms with Crippen molar-refractivity contribution in [2.45, 2.75) is 50.6 Å². The summed E-state index contributed by atoms with van der Waals surface area (Å²) in [5.41, 5.74) is 1.46. The van der Waals surface area contributed by atoms with E-state index in [9.17, 15) is 0 Å². The number of rotatable bonds is 4. The number of likely N-dealkylation sites (tertiary alicyclic amines) is 2. The van der Waals surface area contributed by atoms with Crippen molar-refractivity contribution in [1.82, 2.24) is 9.80 Å². The molecule has 2 aliphatic rings. The molecule has 2 nitrogen and oxygen atoms in total. The summed E-state index contributed by atoms with van der Waals surface area (Å²) in [7, 11) is 0. The maximum atomic E-state index is 2.80. The average Bonchev–Trinajstić information content (AvgIpc) is 2.55. The molecule has 2 saturated heterocycles. The first kappa shape index (κ1) is 17.3. The summed E-state index contributed by atoms with van der Waals surface area (Å²) in [6.45, 7) is 11.1. The van der Waals surface area contributed by atoms with Crippen LogP contribution in [0, 0.1) is 11.8 Å². The molecule has 1 aromatic rings. The lowest BCUT2D eigenvalue weighted by Gasteiger charge is -2.43. The van der Waals surface area contributed by atoms with E-state index in [1.54, 1.807) is 0 Å². The zero-order valence-electron chi connectivity index (χ0n) is 15.0. The molecule has 0 saturated carbocycles. The molecule has 1 aromatic carbocycles. The molecule has 0 aliphatic carbocycles. The predicted octanol–water partition coefficient (Wildman–Crippen LogP) is 4.35. The summed E-state index contributed by atoms with van der Waals surface area (Å²) in [5, 5.41) is 0. The molecule has 3 heteroatoms. The van der Waals surface area contributed by atoms with Crippen LogP contribution in [0.5, 0.6) is 0 Å². The van der Waals surface area contributed by atoms with E-state index in [1.807, 2.05) is 11.8 Å². The zero-order valence-corrected chi connectivity index (χ0v) is 15.8. The molecular weight excluding hydrogens is 300 g/mol. The predicted molar refractivity (Wildman–Crippen MR) is 101 cm³/mol. The highest BCUT2D eigenvalue weighted by Crippen LogP contribution is 2.27. The number of hydrogen-bond donors (Lipinski definition) is 0. The van der Waals surface area contributed by atoms with E-state index in [4.69, 9.17) is 0 Å². The van der Waals surface area contributed by atoms with E-state index in [2.05, 4.69) is 54.2 Å². The molecule has 0 N–H and O–H groups in total. The minimum atomic E-state index is 0.829. The van der Waals surface area contributed by atoms with E-state index < -0.39 is 0 Å². The Labute approximate surface area is 146 Å². The topological polar surface area (TPSA) is 6.48 Å². The fourth-order valence-electron chi connectivity index (χ4n) is 4.44. The zero-order chi connectivity index (χ0) is 16.2.